The molecule has 3 heterocycles. The van der Waals surface area contributed by atoms with Crippen LogP contribution in [0.3, 0.4) is 0 Å². The number of tetrazole rings is 1. The molecular formula is C23H27F4N9. The van der Waals surface area contributed by atoms with E-state index in [2.05, 4.69) is 25.7 Å². The molecule has 4 aromatic rings. The molecule has 3 aromatic heterocycles. The van der Waals surface area contributed by atoms with Crippen molar-refractivity contribution in [3.8, 4) is 0 Å². The molecule has 1 N–H and O–H groups in total. The highest BCUT2D eigenvalue weighted by atomic mass is 19.4. The zero-order valence-corrected chi connectivity index (χ0v) is 20.4. The molecule has 0 atom stereocenters. The highest BCUT2D eigenvalue weighted by Crippen LogP contribution is 2.31. The average molecular weight is 506 g/mol. The Kier molecular flexibility index (Phi) is 7.20. The molecule has 1 aromatic carbocycles. The maximum Gasteiger partial charge on any atom is 0.416 e. The van der Waals surface area contributed by atoms with Crippen LogP contribution in [0.15, 0.2) is 24.3 Å². The molecule has 0 aliphatic carbocycles. The minimum atomic E-state index is -4.67. The van der Waals surface area contributed by atoms with Gasteiger partial charge < -0.3 is 14.8 Å². The lowest BCUT2D eigenvalue weighted by Crippen LogP contribution is -2.26. The number of halogens is 4. The second-order valence-corrected chi connectivity index (χ2v) is 8.40. The van der Waals surface area contributed by atoms with Crippen molar-refractivity contribution in [3.63, 3.8) is 0 Å². The Balaban J connectivity index is 1.76. The zero-order valence-electron chi connectivity index (χ0n) is 20.4. The van der Waals surface area contributed by atoms with Gasteiger partial charge >= 0.3 is 6.18 Å². The van der Waals surface area contributed by atoms with Crippen molar-refractivity contribution in [2.24, 2.45) is 7.05 Å². The van der Waals surface area contributed by atoms with E-state index in [1.54, 1.807) is 11.9 Å². The number of hydrogen-bond donors (Lipinski definition) is 1. The molecule has 0 bridgehead atoms. The van der Waals surface area contributed by atoms with Gasteiger partial charge in [-0.2, -0.15) is 18.0 Å². The maximum atomic E-state index is 14.1. The van der Waals surface area contributed by atoms with E-state index in [-0.39, 0.29) is 24.6 Å². The number of fused-ring (bicyclic) bond motifs is 1. The van der Waals surface area contributed by atoms with E-state index in [0.29, 0.717) is 24.7 Å². The molecule has 9 nitrogen and oxygen atoms in total. The van der Waals surface area contributed by atoms with E-state index in [1.807, 2.05) is 31.4 Å². The SMILES string of the molecule is CCNCc1nc2c(cc1CN(Cc1cc(F)cc(C(F)(F)F)c1)c1nnn(C)n1)nc(C)n2CC. The Labute approximate surface area is 205 Å². The van der Waals surface area contributed by atoms with Crippen LogP contribution < -0.4 is 10.2 Å². The maximum absolute atomic E-state index is 14.1. The van der Waals surface area contributed by atoms with Crippen LogP contribution in [0.25, 0.3) is 11.2 Å². The van der Waals surface area contributed by atoms with Gasteiger partial charge in [-0.25, -0.2) is 14.4 Å². The quantitative estimate of drug-likeness (QED) is 0.347. The smallest absolute Gasteiger partial charge is 0.329 e. The Hall–Kier alpha value is -3.61. The molecule has 0 fully saturated rings. The minimum absolute atomic E-state index is 0.0757. The Morgan fingerprint density at radius 1 is 1.06 bits per heavy atom. The molecule has 4 rings (SSSR count). The molecule has 36 heavy (non-hydrogen) atoms. The van der Waals surface area contributed by atoms with E-state index in [9.17, 15) is 17.6 Å². The van der Waals surface area contributed by atoms with Crippen molar-refractivity contribution in [1.82, 2.24) is 40.1 Å². The molecule has 0 radical (unpaired) electrons. The summed E-state index contributed by atoms with van der Waals surface area (Å²) in [5.74, 6) is 0.0573. The second kappa shape index (κ2) is 10.2. The van der Waals surface area contributed by atoms with E-state index < -0.39 is 17.6 Å². The standard InChI is InChI=1S/C23H27F4N9/c1-5-28-11-20-16(9-19-21(30-20)36(6-2)14(3)29-19)13-35(22-31-33-34(4)32-22)12-15-7-17(23(25,26)27)10-18(24)8-15/h7-10,28H,5-6,11-13H2,1-4H3. The van der Waals surface area contributed by atoms with Crippen LogP contribution in [0, 0.1) is 12.7 Å². The lowest BCUT2D eigenvalue weighted by molar-refractivity contribution is -0.137. The molecule has 0 saturated heterocycles. The molecule has 0 aliphatic heterocycles. The Morgan fingerprint density at radius 2 is 1.83 bits per heavy atom. The fourth-order valence-corrected chi connectivity index (χ4v) is 4.08. The number of alkyl halides is 3. The van der Waals surface area contributed by atoms with E-state index in [4.69, 9.17) is 4.98 Å². The number of benzene rings is 1. The van der Waals surface area contributed by atoms with Crippen LogP contribution in [0.4, 0.5) is 23.5 Å². The highest BCUT2D eigenvalue weighted by Gasteiger charge is 2.31. The number of aryl methyl sites for hydroxylation is 3. The number of nitrogens with one attached hydrogen (secondary N) is 1. The summed E-state index contributed by atoms with van der Waals surface area (Å²) in [5.41, 5.74) is 2.11. The van der Waals surface area contributed by atoms with Crippen LogP contribution in [0.1, 0.15) is 42.1 Å². The number of aromatic nitrogens is 7. The van der Waals surface area contributed by atoms with Crippen LogP contribution >= 0.6 is 0 Å². The summed E-state index contributed by atoms with van der Waals surface area (Å²) in [6.07, 6.45) is -4.67. The number of imidazole rings is 1. The second-order valence-electron chi connectivity index (χ2n) is 8.40. The monoisotopic (exact) mass is 505 g/mol. The summed E-state index contributed by atoms with van der Waals surface area (Å²) in [6, 6.07) is 4.41. The topological polar surface area (TPSA) is 89.6 Å². The average Bonchev–Trinajstić information content (AvgIpc) is 3.37. The summed E-state index contributed by atoms with van der Waals surface area (Å²) in [6.45, 7) is 7.96. The molecule has 0 spiro atoms. The van der Waals surface area contributed by atoms with Crippen molar-refractivity contribution in [2.45, 2.75) is 53.1 Å². The van der Waals surface area contributed by atoms with Crippen LogP contribution in [0.2, 0.25) is 0 Å². The number of hydrogen-bond acceptors (Lipinski definition) is 7. The third-order valence-corrected chi connectivity index (χ3v) is 5.74. The predicted molar refractivity (Wildman–Crippen MR) is 125 cm³/mol. The van der Waals surface area contributed by atoms with Gasteiger partial charge in [-0.05, 0) is 61.0 Å². The zero-order chi connectivity index (χ0) is 26.0. The largest absolute Gasteiger partial charge is 0.416 e. The van der Waals surface area contributed by atoms with Crippen molar-refractivity contribution < 1.29 is 17.6 Å². The Bertz CT molecular complexity index is 1360. The van der Waals surface area contributed by atoms with Gasteiger partial charge in [-0.1, -0.05) is 12.0 Å². The van der Waals surface area contributed by atoms with Gasteiger partial charge in [0, 0.05) is 26.2 Å². The predicted octanol–water partition coefficient (Wildman–Crippen LogP) is 3.76. The highest BCUT2D eigenvalue weighted by molar-refractivity contribution is 5.73. The number of nitrogens with zero attached hydrogens (tertiary/aromatic N) is 8. The fourth-order valence-electron chi connectivity index (χ4n) is 4.08. The molecule has 0 unspecified atom stereocenters. The summed E-state index contributed by atoms with van der Waals surface area (Å²) in [5, 5.41) is 15.4. The molecule has 0 aliphatic rings. The van der Waals surface area contributed by atoms with Gasteiger partial charge in [0.1, 0.15) is 17.2 Å². The van der Waals surface area contributed by atoms with Crippen LogP contribution in [-0.4, -0.2) is 41.3 Å². The van der Waals surface area contributed by atoms with Crippen molar-refractivity contribution in [3.05, 3.63) is 58.3 Å². The first kappa shape index (κ1) is 25.5. The minimum Gasteiger partial charge on any atom is -0.329 e. The first-order valence-electron chi connectivity index (χ1n) is 11.5. The van der Waals surface area contributed by atoms with Crippen molar-refractivity contribution >= 4 is 17.1 Å². The Morgan fingerprint density at radius 3 is 2.47 bits per heavy atom. The molecule has 13 heteroatoms. The van der Waals surface area contributed by atoms with Gasteiger partial charge in [0.05, 0.1) is 18.3 Å². The van der Waals surface area contributed by atoms with Crippen LogP contribution in [0.5, 0.6) is 0 Å². The van der Waals surface area contributed by atoms with Gasteiger partial charge in [0.15, 0.2) is 5.65 Å². The van der Waals surface area contributed by atoms with Crippen molar-refractivity contribution in [2.75, 3.05) is 11.4 Å². The summed E-state index contributed by atoms with van der Waals surface area (Å²) in [4.78, 5) is 12.4. The van der Waals surface area contributed by atoms with E-state index in [1.165, 1.54) is 4.80 Å². The van der Waals surface area contributed by atoms with E-state index in [0.717, 1.165) is 41.4 Å². The fraction of sp³-hybridized carbons (Fsp3) is 0.435. The number of rotatable bonds is 9. The molecular weight excluding hydrogens is 478 g/mol. The number of pyridine rings is 1. The first-order chi connectivity index (χ1) is 17.1. The summed E-state index contributed by atoms with van der Waals surface area (Å²) >= 11 is 0. The summed E-state index contributed by atoms with van der Waals surface area (Å²) in [7, 11) is 1.59. The lowest BCUT2D eigenvalue weighted by Gasteiger charge is -2.23. The third kappa shape index (κ3) is 5.45. The molecule has 192 valence electrons. The number of anilines is 1. The molecule has 0 saturated carbocycles. The lowest BCUT2D eigenvalue weighted by atomic mass is 10.1. The van der Waals surface area contributed by atoms with Gasteiger partial charge in [-0.15, -0.1) is 5.10 Å². The van der Waals surface area contributed by atoms with Gasteiger partial charge in [0.2, 0.25) is 0 Å². The summed E-state index contributed by atoms with van der Waals surface area (Å²) < 4.78 is 56.0. The third-order valence-electron chi connectivity index (χ3n) is 5.74. The van der Waals surface area contributed by atoms with Gasteiger partial charge in [0.25, 0.3) is 5.95 Å². The van der Waals surface area contributed by atoms with Crippen LogP contribution in [-0.2, 0) is 39.4 Å². The van der Waals surface area contributed by atoms with E-state index >= 15 is 0 Å². The van der Waals surface area contributed by atoms with Crippen molar-refractivity contribution in [1.29, 1.82) is 0 Å². The molecule has 0 amide bonds. The van der Waals surface area contributed by atoms with Gasteiger partial charge in [-0.3, -0.25) is 0 Å². The normalized spacial score (nSPS) is 12.0. The first-order valence-corrected chi connectivity index (χ1v) is 11.5.